The molecule has 2 aliphatic heterocycles. The molecular formula is C31H33N2O4+. The van der Waals surface area contributed by atoms with Crippen LogP contribution < -0.4 is 4.90 Å². The van der Waals surface area contributed by atoms with Gasteiger partial charge in [-0.05, 0) is 38.0 Å². The summed E-state index contributed by atoms with van der Waals surface area (Å²) in [6.07, 6.45) is 4.15. The van der Waals surface area contributed by atoms with Crippen molar-refractivity contribution >= 4 is 28.8 Å². The van der Waals surface area contributed by atoms with Crippen molar-refractivity contribution in [3.8, 4) is 0 Å². The van der Waals surface area contributed by atoms with E-state index in [1.54, 1.807) is 6.08 Å². The third-order valence-electron chi connectivity index (χ3n) is 8.07. The zero-order valence-electron chi connectivity index (χ0n) is 22.0. The highest BCUT2D eigenvalue weighted by atomic mass is 16.4. The summed E-state index contributed by atoms with van der Waals surface area (Å²) in [5.74, 6) is -1.02. The Kier molecular flexibility index (Phi) is 5.74. The van der Waals surface area contributed by atoms with Crippen molar-refractivity contribution in [2.45, 2.75) is 51.4 Å². The van der Waals surface area contributed by atoms with Crippen LogP contribution >= 0.6 is 0 Å². The first-order chi connectivity index (χ1) is 17.5. The number of aliphatic carboxylic acids is 1. The topological polar surface area (TPSA) is 80.9 Å². The average Bonchev–Trinajstić information content (AvgIpc) is 3.19. The summed E-state index contributed by atoms with van der Waals surface area (Å²) in [5.41, 5.74) is 6.15. The van der Waals surface area contributed by atoms with E-state index in [1.807, 2.05) is 43.5 Å². The average molecular weight is 498 g/mol. The quantitative estimate of drug-likeness (QED) is 0.403. The van der Waals surface area contributed by atoms with Gasteiger partial charge in [0.05, 0.1) is 16.6 Å². The molecule has 0 saturated carbocycles. The fraction of sp³-hybridized carbons (Fsp3) is 0.323. The number of ketones is 1. The summed E-state index contributed by atoms with van der Waals surface area (Å²) >= 11 is 0. The smallest absolute Gasteiger partial charge is 0.303 e. The van der Waals surface area contributed by atoms with Crippen molar-refractivity contribution in [1.82, 2.24) is 0 Å². The molecule has 0 atom stereocenters. The fourth-order valence-corrected chi connectivity index (χ4v) is 5.97. The highest BCUT2D eigenvalue weighted by molar-refractivity contribution is 6.24. The van der Waals surface area contributed by atoms with Gasteiger partial charge < -0.3 is 15.1 Å². The van der Waals surface area contributed by atoms with Crippen molar-refractivity contribution in [2.75, 3.05) is 18.5 Å². The normalized spacial score (nSPS) is 21.5. The first kappa shape index (κ1) is 24.8. The number of hydrogen-bond donors (Lipinski definition) is 2. The van der Waals surface area contributed by atoms with E-state index in [-0.39, 0.29) is 23.4 Å². The maximum Gasteiger partial charge on any atom is 0.303 e. The van der Waals surface area contributed by atoms with Crippen molar-refractivity contribution in [2.24, 2.45) is 0 Å². The summed E-state index contributed by atoms with van der Waals surface area (Å²) in [6, 6.07) is 16.2. The minimum atomic E-state index is -0.832. The summed E-state index contributed by atoms with van der Waals surface area (Å²) in [7, 11) is 1.99. The molecule has 1 aliphatic carbocycles. The predicted octanol–water partition coefficient (Wildman–Crippen LogP) is 5.56. The Labute approximate surface area is 217 Å². The molecule has 37 heavy (non-hydrogen) atoms. The predicted molar refractivity (Wildman–Crippen MR) is 145 cm³/mol. The molecule has 190 valence electrons. The van der Waals surface area contributed by atoms with Gasteiger partial charge >= 0.3 is 5.97 Å². The fourth-order valence-electron chi connectivity index (χ4n) is 5.97. The summed E-state index contributed by atoms with van der Waals surface area (Å²) in [5, 5.41) is 20.2. The maximum absolute atomic E-state index is 13.4. The third-order valence-corrected chi connectivity index (χ3v) is 8.07. The lowest BCUT2D eigenvalue weighted by molar-refractivity contribution is -0.401. The molecule has 3 aliphatic rings. The molecule has 2 N–H and O–H groups in total. The SMILES string of the molecule is C[N+]1=C(/C=C2/C(=O)C(/C=C3\N(CCCC(=O)O)c4ccccc4C3(C)C)=C2O)C(C)(C)c2ccccc21. The van der Waals surface area contributed by atoms with Crippen LogP contribution in [-0.4, -0.2) is 45.8 Å². The monoisotopic (exact) mass is 497 g/mol. The van der Waals surface area contributed by atoms with Gasteiger partial charge in [-0.2, -0.15) is 4.58 Å². The Morgan fingerprint density at radius 2 is 1.62 bits per heavy atom. The van der Waals surface area contributed by atoms with Crippen LogP contribution in [0.3, 0.4) is 0 Å². The zero-order chi connectivity index (χ0) is 26.7. The molecule has 0 spiro atoms. The number of carbonyl (C=O) groups excluding carboxylic acids is 1. The Balaban J connectivity index is 1.53. The number of carboxylic acid groups (broad SMARTS) is 1. The molecule has 0 amide bonds. The number of carbonyl (C=O) groups is 2. The number of fused-ring (bicyclic) bond motifs is 2. The number of carboxylic acids is 1. The van der Waals surface area contributed by atoms with Gasteiger partial charge in [0, 0.05) is 47.5 Å². The van der Waals surface area contributed by atoms with Crippen molar-refractivity contribution in [3.05, 3.63) is 94.4 Å². The summed E-state index contributed by atoms with van der Waals surface area (Å²) in [4.78, 5) is 26.6. The van der Waals surface area contributed by atoms with Gasteiger partial charge in [-0.25, -0.2) is 0 Å². The molecule has 2 heterocycles. The Morgan fingerprint density at radius 1 is 0.973 bits per heavy atom. The molecular weight excluding hydrogens is 464 g/mol. The van der Waals surface area contributed by atoms with E-state index in [9.17, 15) is 14.7 Å². The molecule has 0 unspecified atom stereocenters. The minimum absolute atomic E-state index is 0.00222. The second-order valence-electron chi connectivity index (χ2n) is 11.1. The Bertz CT molecular complexity index is 1470. The van der Waals surface area contributed by atoms with E-state index in [0.717, 1.165) is 28.3 Å². The standard InChI is InChI=1S/C31H32N2O4/c1-30(2)21-11-6-8-13-23(21)32(5)25(30)17-19-28(36)20(29(19)37)18-26-31(3,4)22-12-7-9-14-24(22)33(26)16-10-15-27(34)35/h6-9,11-14,17-18H,10,15-16H2,1-5H3,(H-,34,35,36,37)/p+1. The molecule has 2 aromatic rings. The van der Waals surface area contributed by atoms with E-state index < -0.39 is 11.4 Å². The molecule has 0 aromatic heterocycles. The van der Waals surface area contributed by atoms with Gasteiger partial charge in [-0.3, -0.25) is 9.59 Å². The van der Waals surface area contributed by atoms with Crippen LogP contribution in [-0.2, 0) is 20.4 Å². The van der Waals surface area contributed by atoms with E-state index in [2.05, 4.69) is 55.4 Å². The number of allylic oxidation sites excluding steroid dienone is 5. The van der Waals surface area contributed by atoms with Gasteiger partial charge in [0.25, 0.3) is 0 Å². The van der Waals surface area contributed by atoms with E-state index in [0.29, 0.717) is 24.1 Å². The van der Waals surface area contributed by atoms with Gasteiger partial charge in [-0.1, -0.05) is 50.2 Å². The summed E-state index contributed by atoms with van der Waals surface area (Å²) in [6.45, 7) is 8.95. The summed E-state index contributed by atoms with van der Waals surface area (Å²) < 4.78 is 2.08. The molecule has 0 fully saturated rings. The van der Waals surface area contributed by atoms with Crippen LogP contribution in [0.1, 0.15) is 51.7 Å². The molecule has 2 aromatic carbocycles. The lowest BCUT2D eigenvalue weighted by atomic mass is 9.77. The van der Waals surface area contributed by atoms with Gasteiger partial charge in [0.1, 0.15) is 12.8 Å². The lowest BCUT2D eigenvalue weighted by Crippen LogP contribution is -2.32. The Morgan fingerprint density at radius 3 is 2.27 bits per heavy atom. The van der Waals surface area contributed by atoms with Crippen LogP contribution in [0.15, 0.2) is 83.3 Å². The maximum atomic E-state index is 13.4. The van der Waals surface area contributed by atoms with E-state index >= 15 is 0 Å². The van der Waals surface area contributed by atoms with Crippen LogP contribution in [0, 0.1) is 0 Å². The van der Waals surface area contributed by atoms with Crippen molar-refractivity contribution in [1.29, 1.82) is 0 Å². The number of Topliss-reactive ketones (excluding diaryl/α,β-unsaturated/α-hetero) is 1. The van der Waals surface area contributed by atoms with Crippen molar-refractivity contribution < 1.29 is 24.4 Å². The van der Waals surface area contributed by atoms with Gasteiger partial charge in [-0.15, -0.1) is 0 Å². The largest absolute Gasteiger partial charge is 0.506 e. The Hall–Kier alpha value is -3.93. The second-order valence-corrected chi connectivity index (χ2v) is 11.1. The van der Waals surface area contributed by atoms with Crippen LogP contribution in [0.25, 0.3) is 0 Å². The zero-order valence-corrected chi connectivity index (χ0v) is 22.0. The molecule has 5 rings (SSSR count). The van der Waals surface area contributed by atoms with Gasteiger partial charge in [0.2, 0.25) is 11.5 Å². The van der Waals surface area contributed by atoms with Crippen LogP contribution in [0.5, 0.6) is 0 Å². The third kappa shape index (κ3) is 3.74. The molecule has 0 bridgehead atoms. The molecule has 6 heteroatoms. The van der Waals surface area contributed by atoms with Crippen LogP contribution in [0.4, 0.5) is 11.4 Å². The van der Waals surface area contributed by atoms with E-state index in [1.165, 1.54) is 5.56 Å². The number of nitrogens with zero attached hydrogens (tertiary/aromatic N) is 2. The molecule has 0 saturated heterocycles. The highest BCUT2D eigenvalue weighted by Gasteiger charge is 2.46. The van der Waals surface area contributed by atoms with Crippen LogP contribution in [0.2, 0.25) is 0 Å². The number of benzene rings is 2. The molecule has 0 radical (unpaired) electrons. The minimum Gasteiger partial charge on any atom is -0.506 e. The highest BCUT2D eigenvalue weighted by Crippen LogP contribution is 2.49. The second kappa shape index (κ2) is 8.58. The first-order valence-corrected chi connectivity index (χ1v) is 12.7. The number of aliphatic hydroxyl groups is 1. The van der Waals surface area contributed by atoms with Gasteiger partial charge in [0.15, 0.2) is 5.71 Å². The lowest BCUT2D eigenvalue weighted by Gasteiger charge is -2.29. The molecule has 6 nitrogen and oxygen atoms in total. The number of rotatable bonds is 6. The number of para-hydroxylation sites is 2. The number of anilines is 1. The first-order valence-electron chi connectivity index (χ1n) is 12.7. The van der Waals surface area contributed by atoms with E-state index in [4.69, 9.17) is 5.11 Å². The number of hydrogen-bond acceptors (Lipinski definition) is 4. The number of aliphatic hydroxyl groups excluding tert-OH is 1. The van der Waals surface area contributed by atoms with Crippen molar-refractivity contribution in [3.63, 3.8) is 0 Å².